The summed E-state index contributed by atoms with van der Waals surface area (Å²) in [6, 6.07) is 15.0. The molecule has 3 amide bonds. The highest BCUT2D eigenvalue weighted by molar-refractivity contribution is 9.10. The first-order chi connectivity index (χ1) is 21.2. The molecular weight excluding hydrogens is 639 g/mol. The Kier molecular flexibility index (Phi) is 10.9. The van der Waals surface area contributed by atoms with Crippen molar-refractivity contribution in [1.82, 2.24) is 16.1 Å². The molecule has 230 valence electrons. The highest BCUT2D eigenvalue weighted by atomic mass is 79.9. The van der Waals surface area contributed by atoms with E-state index in [4.69, 9.17) is 18.9 Å². The molecule has 1 heterocycles. The Labute approximate surface area is 261 Å². The number of rotatable bonds is 12. The van der Waals surface area contributed by atoms with E-state index in [1.165, 1.54) is 25.5 Å². The lowest BCUT2D eigenvalue weighted by Gasteiger charge is -2.28. The summed E-state index contributed by atoms with van der Waals surface area (Å²) in [7, 11) is 1.43. The number of carbonyl (C=O) groups excluding carboxylic acids is 3. The Balaban J connectivity index is 1.33. The van der Waals surface area contributed by atoms with Gasteiger partial charge in [-0.25, -0.2) is 19.4 Å². The Morgan fingerprint density at radius 2 is 1.86 bits per heavy atom. The Morgan fingerprint density at radius 1 is 1.07 bits per heavy atom. The van der Waals surface area contributed by atoms with Crippen LogP contribution in [0.4, 0.5) is 9.18 Å². The fraction of sp³-hybridized carbons (Fsp3) is 0.226. The largest absolute Gasteiger partial charge is 0.493 e. The summed E-state index contributed by atoms with van der Waals surface area (Å²) < 4.78 is 36.0. The second-order valence-electron chi connectivity index (χ2n) is 9.39. The molecule has 3 aromatic rings. The van der Waals surface area contributed by atoms with Crippen LogP contribution in [0, 0.1) is 5.82 Å². The van der Waals surface area contributed by atoms with Gasteiger partial charge in [-0.1, -0.05) is 18.2 Å². The molecule has 0 spiro atoms. The van der Waals surface area contributed by atoms with Crippen LogP contribution in [0.5, 0.6) is 17.2 Å². The van der Waals surface area contributed by atoms with Crippen molar-refractivity contribution in [3.8, 4) is 17.2 Å². The van der Waals surface area contributed by atoms with Gasteiger partial charge in [-0.15, -0.1) is 0 Å². The predicted molar refractivity (Wildman–Crippen MR) is 163 cm³/mol. The van der Waals surface area contributed by atoms with Crippen molar-refractivity contribution in [1.29, 1.82) is 0 Å². The van der Waals surface area contributed by atoms with Crippen LogP contribution < -0.4 is 30.3 Å². The normalized spacial score (nSPS) is 14.5. The number of halogens is 2. The predicted octanol–water partition coefficient (Wildman–Crippen LogP) is 4.90. The van der Waals surface area contributed by atoms with Gasteiger partial charge < -0.3 is 29.6 Å². The van der Waals surface area contributed by atoms with E-state index in [1.807, 2.05) is 0 Å². The molecular formula is C31H30BrFN4O7. The molecule has 44 heavy (non-hydrogen) atoms. The van der Waals surface area contributed by atoms with E-state index in [0.717, 1.165) is 0 Å². The first-order valence-electron chi connectivity index (χ1n) is 13.4. The molecule has 0 unspecified atom stereocenters. The van der Waals surface area contributed by atoms with Gasteiger partial charge in [-0.3, -0.25) is 4.79 Å². The molecule has 1 aliphatic rings. The van der Waals surface area contributed by atoms with Crippen LogP contribution in [-0.2, 0) is 20.9 Å². The van der Waals surface area contributed by atoms with Crippen LogP contribution in [0.3, 0.4) is 0 Å². The van der Waals surface area contributed by atoms with Crippen molar-refractivity contribution >= 4 is 40.1 Å². The van der Waals surface area contributed by atoms with E-state index < -0.39 is 23.9 Å². The second-order valence-corrected chi connectivity index (χ2v) is 10.2. The van der Waals surface area contributed by atoms with E-state index in [-0.39, 0.29) is 42.7 Å². The maximum Gasteiger partial charge on any atom is 0.338 e. The Morgan fingerprint density at radius 3 is 2.59 bits per heavy atom. The first kappa shape index (κ1) is 32.0. The van der Waals surface area contributed by atoms with Crippen LogP contribution in [0.2, 0.25) is 0 Å². The lowest BCUT2D eigenvalue weighted by Crippen LogP contribution is -2.45. The van der Waals surface area contributed by atoms with Gasteiger partial charge in [-0.2, -0.15) is 5.10 Å². The van der Waals surface area contributed by atoms with Gasteiger partial charge in [0.15, 0.2) is 18.1 Å². The van der Waals surface area contributed by atoms with Gasteiger partial charge in [0, 0.05) is 5.70 Å². The number of nitrogens with zero attached hydrogens (tertiary/aromatic N) is 1. The summed E-state index contributed by atoms with van der Waals surface area (Å²) in [5, 5.41) is 9.27. The fourth-order valence-corrected chi connectivity index (χ4v) is 4.77. The van der Waals surface area contributed by atoms with Crippen molar-refractivity contribution in [3.63, 3.8) is 0 Å². The molecule has 0 fully saturated rings. The fourth-order valence-electron chi connectivity index (χ4n) is 4.26. The van der Waals surface area contributed by atoms with Crippen LogP contribution >= 0.6 is 15.9 Å². The molecule has 1 aliphatic heterocycles. The second kappa shape index (κ2) is 15.0. The quantitative estimate of drug-likeness (QED) is 0.142. The van der Waals surface area contributed by atoms with E-state index in [0.29, 0.717) is 32.6 Å². The molecule has 0 saturated carbocycles. The van der Waals surface area contributed by atoms with E-state index in [2.05, 4.69) is 37.1 Å². The topological polar surface area (TPSA) is 137 Å². The molecule has 0 aliphatic carbocycles. The van der Waals surface area contributed by atoms with Crippen LogP contribution in [0.15, 0.2) is 81.5 Å². The van der Waals surface area contributed by atoms with Gasteiger partial charge in [0.2, 0.25) is 0 Å². The number of allylic oxidation sites excluding steroid dienone is 1. The summed E-state index contributed by atoms with van der Waals surface area (Å²) in [4.78, 5) is 37.1. The van der Waals surface area contributed by atoms with Gasteiger partial charge >= 0.3 is 12.0 Å². The highest BCUT2D eigenvalue weighted by Crippen LogP contribution is 2.34. The number of hydrogen-bond acceptors (Lipinski definition) is 8. The molecule has 1 atom stereocenters. The van der Waals surface area contributed by atoms with Crippen molar-refractivity contribution in [2.45, 2.75) is 26.5 Å². The van der Waals surface area contributed by atoms with Gasteiger partial charge in [-0.05, 0) is 88.9 Å². The number of hydrazone groups is 1. The number of ether oxygens (including phenoxy) is 4. The van der Waals surface area contributed by atoms with Gasteiger partial charge in [0.05, 0.1) is 36.0 Å². The summed E-state index contributed by atoms with van der Waals surface area (Å²) in [6.07, 6.45) is 1.46. The maximum absolute atomic E-state index is 13.4. The number of esters is 1. The Bertz CT molecular complexity index is 1610. The molecule has 13 heteroatoms. The minimum atomic E-state index is -0.780. The third kappa shape index (κ3) is 8.34. The molecule has 0 radical (unpaired) electrons. The molecule has 0 saturated heterocycles. The monoisotopic (exact) mass is 668 g/mol. The molecule has 4 rings (SSSR count). The number of hydrogen-bond donors (Lipinski definition) is 3. The van der Waals surface area contributed by atoms with Crippen molar-refractivity contribution in [2.24, 2.45) is 5.10 Å². The maximum atomic E-state index is 13.4. The van der Waals surface area contributed by atoms with E-state index in [1.54, 1.807) is 62.4 Å². The molecule has 0 aromatic heterocycles. The van der Waals surface area contributed by atoms with Gasteiger partial charge in [0.1, 0.15) is 18.2 Å². The van der Waals surface area contributed by atoms with Crippen molar-refractivity contribution in [2.75, 3.05) is 20.3 Å². The molecule has 0 bridgehead atoms. The number of carbonyl (C=O) groups is 3. The average molecular weight is 670 g/mol. The zero-order chi connectivity index (χ0) is 31.6. The summed E-state index contributed by atoms with van der Waals surface area (Å²) in [5.74, 6) is -0.283. The van der Waals surface area contributed by atoms with Gasteiger partial charge in [0.25, 0.3) is 5.91 Å². The lowest BCUT2D eigenvalue weighted by atomic mass is 9.95. The zero-order valence-electron chi connectivity index (χ0n) is 24.1. The molecule has 3 N–H and O–H groups in total. The number of urea groups is 1. The standard InChI is InChI=1S/C31H30BrFN4O7/c1-4-42-30(39)28-18(2)35-31(40)36-29(28)21-9-11-25(26(14-21)41-3)44-17-27(38)37-34-15-19-8-10-24(23(32)13-19)43-16-20-6-5-7-22(33)12-20/h5-15,29H,4,16-17H2,1-3H3,(H,37,38)(H2,35,36,40)/b34-15-/t29-/m0/s1. The third-order valence-electron chi connectivity index (χ3n) is 6.29. The number of methoxy groups -OCH3 is 1. The lowest BCUT2D eigenvalue weighted by molar-refractivity contribution is -0.139. The first-order valence-corrected chi connectivity index (χ1v) is 14.2. The minimum absolute atomic E-state index is 0.177. The number of nitrogens with one attached hydrogen (secondary N) is 3. The average Bonchev–Trinajstić information content (AvgIpc) is 2.99. The third-order valence-corrected chi connectivity index (χ3v) is 6.91. The number of benzene rings is 3. The van der Waals surface area contributed by atoms with Crippen LogP contribution in [-0.4, -0.2) is 44.4 Å². The SMILES string of the molecule is CCOC(=O)C1=C(C)NC(=O)N[C@H]1c1ccc(OCC(=O)N/N=C\c2ccc(OCc3cccc(F)c3)c(Br)c2)c(OC)c1. The smallest absolute Gasteiger partial charge is 0.338 e. The van der Waals surface area contributed by atoms with Crippen molar-refractivity contribution < 1.29 is 37.7 Å². The highest BCUT2D eigenvalue weighted by Gasteiger charge is 2.32. The number of amides is 3. The summed E-state index contributed by atoms with van der Waals surface area (Å²) >= 11 is 3.44. The molecule has 3 aromatic carbocycles. The molecule has 11 nitrogen and oxygen atoms in total. The zero-order valence-corrected chi connectivity index (χ0v) is 25.7. The Hall–Kier alpha value is -4.91. The van der Waals surface area contributed by atoms with Crippen LogP contribution in [0.1, 0.15) is 36.6 Å². The van der Waals surface area contributed by atoms with E-state index in [9.17, 15) is 18.8 Å². The summed E-state index contributed by atoms with van der Waals surface area (Å²) in [5.41, 5.74) is 4.98. The minimum Gasteiger partial charge on any atom is -0.493 e. The summed E-state index contributed by atoms with van der Waals surface area (Å²) in [6.45, 7) is 3.33. The van der Waals surface area contributed by atoms with E-state index >= 15 is 0 Å². The van der Waals surface area contributed by atoms with Crippen LogP contribution in [0.25, 0.3) is 0 Å². The van der Waals surface area contributed by atoms with Crippen molar-refractivity contribution in [3.05, 3.63) is 98.9 Å².